The lowest BCUT2D eigenvalue weighted by molar-refractivity contribution is 0.0437. The molecule has 2 aromatic rings. The first-order valence-electron chi connectivity index (χ1n) is 8.99. The topological polar surface area (TPSA) is 88.3 Å². The van der Waals surface area contributed by atoms with Crippen molar-refractivity contribution in [2.75, 3.05) is 33.9 Å². The molecule has 0 aliphatic carbocycles. The van der Waals surface area contributed by atoms with Gasteiger partial charge in [-0.25, -0.2) is 4.99 Å². The number of hydrogen-bond acceptors (Lipinski definition) is 5. The second-order valence-corrected chi connectivity index (χ2v) is 6.31. The van der Waals surface area contributed by atoms with Crippen LogP contribution in [0.4, 0.5) is 0 Å². The van der Waals surface area contributed by atoms with Crippen LogP contribution >= 0.6 is 0 Å². The van der Waals surface area contributed by atoms with Gasteiger partial charge in [-0.2, -0.15) is 0 Å². The predicted molar refractivity (Wildman–Crippen MR) is 106 cm³/mol. The van der Waals surface area contributed by atoms with Crippen LogP contribution in [0.2, 0.25) is 0 Å². The molecule has 0 aliphatic heterocycles. The van der Waals surface area contributed by atoms with Crippen molar-refractivity contribution in [2.45, 2.75) is 25.9 Å². The van der Waals surface area contributed by atoms with Crippen molar-refractivity contribution in [2.24, 2.45) is 4.99 Å². The van der Waals surface area contributed by atoms with Crippen LogP contribution < -0.4 is 20.1 Å². The molecule has 0 radical (unpaired) electrons. The molecule has 0 spiro atoms. The molecule has 0 bridgehead atoms. The first-order chi connectivity index (χ1) is 13.0. The fourth-order valence-electron chi connectivity index (χ4n) is 2.60. The summed E-state index contributed by atoms with van der Waals surface area (Å²) < 4.78 is 15.9. The van der Waals surface area contributed by atoms with Gasteiger partial charge in [0.25, 0.3) is 0 Å². The van der Waals surface area contributed by atoms with Gasteiger partial charge in [-0.15, -0.1) is 0 Å². The fourth-order valence-corrected chi connectivity index (χ4v) is 2.60. The summed E-state index contributed by atoms with van der Waals surface area (Å²) >= 11 is 0. The molecule has 1 aromatic heterocycles. The normalized spacial score (nSPS) is 13.7. The highest BCUT2D eigenvalue weighted by atomic mass is 16.5. The van der Waals surface area contributed by atoms with Gasteiger partial charge in [0.1, 0.15) is 11.4 Å². The van der Waals surface area contributed by atoms with E-state index in [1.165, 1.54) is 0 Å². The molecule has 0 fully saturated rings. The van der Waals surface area contributed by atoms with Crippen LogP contribution in [-0.2, 0) is 12.0 Å². The van der Waals surface area contributed by atoms with Gasteiger partial charge in [-0.1, -0.05) is 6.07 Å². The quantitative estimate of drug-likeness (QED) is 0.460. The zero-order chi connectivity index (χ0) is 19.7. The average Bonchev–Trinajstić information content (AvgIpc) is 3.22. The zero-order valence-electron chi connectivity index (χ0n) is 16.4. The summed E-state index contributed by atoms with van der Waals surface area (Å²) in [6, 6.07) is 9.36. The Labute approximate surface area is 160 Å². The minimum atomic E-state index is -1.16. The molecule has 27 heavy (non-hydrogen) atoms. The molecule has 3 N–H and O–H groups in total. The Morgan fingerprint density at radius 1 is 1.19 bits per heavy atom. The van der Waals surface area contributed by atoms with Gasteiger partial charge in [0, 0.05) is 13.1 Å². The minimum absolute atomic E-state index is 0.187. The predicted octanol–water partition coefficient (Wildman–Crippen LogP) is 2.30. The van der Waals surface area contributed by atoms with Crippen LogP contribution in [-0.4, -0.2) is 44.9 Å². The van der Waals surface area contributed by atoms with Crippen molar-refractivity contribution >= 4 is 5.96 Å². The van der Waals surface area contributed by atoms with Crippen LogP contribution in [0.3, 0.4) is 0 Å². The summed E-state index contributed by atoms with van der Waals surface area (Å²) in [7, 11) is 3.25. The Bertz CT molecular complexity index is 727. The van der Waals surface area contributed by atoms with Gasteiger partial charge < -0.3 is 29.6 Å². The van der Waals surface area contributed by atoms with Gasteiger partial charge in [0.05, 0.1) is 27.0 Å². The number of ether oxygens (including phenoxy) is 2. The molecule has 1 atom stereocenters. The van der Waals surface area contributed by atoms with Crippen molar-refractivity contribution < 1.29 is 19.0 Å². The molecule has 1 aromatic carbocycles. The van der Waals surface area contributed by atoms with E-state index in [0.29, 0.717) is 29.8 Å². The largest absolute Gasteiger partial charge is 0.493 e. The number of benzene rings is 1. The summed E-state index contributed by atoms with van der Waals surface area (Å²) in [4.78, 5) is 4.47. The number of aliphatic imine (C=N–C) groups is 1. The van der Waals surface area contributed by atoms with Crippen LogP contribution in [0.1, 0.15) is 25.2 Å². The van der Waals surface area contributed by atoms with E-state index in [9.17, 15) is 5.11 Å². The molecular formula is C20H29N3O4. The number of nitrogens with one attached hydrogen (secondary N) is 2. The van der Waals surface area contributed by atoms with E-state index in [0.717, 1.165) is 18.5 Å². The first kappa shape index (κ1) is 20.6. The number of furan rings is 1. The average molecular weight is 375 g/mol. The lowest BCUT2D eigenvalue weighted by atomic mass is 10.0. The minimum Gasteiger partial charge on any atom is -0.493 e. The molecule has 7 heteroatoms. The van der Waals surface area contributed by atoms with Crippen LogP contribution in [0.5, 0.6) is 11.5 Å². The maximum Gasteiger partial charge on any atom is 0.191 e. The standard InChI is InChI=1S/C20H29N3O4/c1-5-21-19(23-14-20(2,24)18-7-6-12-27-18)22-11-10-15-8-9-16(25-3)17(13-15)26-4/h6-9,12-13,24H,5,10-11,14H2,1-4H3,(H2,21,22,23). The molecule has 7 nitrogen and oxygen atoms in total. The van der Waals surface area contributed by atoms with Gasteiger partial charge in [0.2, 0.25) is 0 Å². The summed E-state index contributed by atoms with van der Waals surface area (Å²) in [5.41, 5.74) is -0.0339. The Morgan fingerprint density at radius 2 is 1.96 bits per heavy atom. The SMILES string of the molecule is CCNC(=NCC(C)(O)c1ccco1)NCCc1ccc(OC)c(OC)c1. The number of guanidine groups is 1. The summed E-state index contributed by atoms with van der Waals surface area (Å²) in [6.07, 6.45) is 2.33. The van der Waals surface area contributed by atoms with E-state index in [2.05, 4.69) is 15.6 Å². The van der Waals surface area contributed by atoms with Crippen molar-refractivity contribution in [1.82, 2.24) is 10.6 Å². The third kappa shape index (κ3) is 5.92. The zero-order valence-corrected chi connectivity index (χ0v) is 16.4. The highest BCUT2D eigenvalue weighted by molar-refractivity contribution is 5.79. The molecule has 0 saturated heterocycles. The summed E-state index contributed by atoms with van der Waals surface area (Å²) in [6.45, 7) is 5.28. The number of aliphatic hydroxyl groups is 1. The maximum atomic E-state index is 10.5. The second-order valence-electron chi connectivity index (χ2n) is 6.31. The molecule has 2 rings (SSSR count). The highest BCUT2D eigenvalue weighted by Gasteiger charge is 2.26. The summed E-state index contributed by atoms with van der Waals surface area (Å²) in [5.74, 6) is 2.56. The Hall–Kier alpha value is -2.67. The first-order valence-corrected chi connectivity index (χ1v) is 8.99. The third-order valence-electron chi connectivity index (χ3n) is 4.10. The lowest BCUT2D eigenvalue weighted by Crippen LogP contribution is -2.39. The lowest BCUT2D eigenvalue weighted by Gasteiger charge is -2.19. The van der Waals surface area contributed by atoms with Crippen molar-refractivity contribution in [3.05, 3.63) is 47.9 Å². The van der Waals surface area contributed by atoms with E-state index in [4.69, 9.17) is 13.9 Å². The van der Waals surface area contributed by atoms with Crippen LogP contribution in [0.25, 0.3) is 0 Å². The van der Waals surface area contributed by atoms with Gasteiger partial charge in [-0.3, -0.25) is 0 Å². The van der Waals surface area contributed by atoms with E-state index in [1.54, 1.807) is 39.5 Å². The monoisotopic (exact) mass is 375 g/mol. The van der Waals surface area contributed by atoms with E-state index in [-0.39, 0.29) is 6.54 Å². The molecule has 148 valence electrons. The smallest absolute Gasteiger partial charge is 0.191 e. The number of hydrogen-bond donors (Lipinski definition) is 3. The Kier molecular flexibility index (Phi) is 7.55. The molecule has 0 aliphatic rings. The fraction of sp³-hybridized carbons (Fsp3) is 0.450. The Balaban J connectivity index is 1.94. The molecule has 1 unspecified atom stereocenters. The number of nitrogens with zero attached hydrogens (tertiary/aromatic N) is 1. The highest BCUT2D eigenvalue weighted by Crippen LogP contribution is 2.27. The Morgan fingerprint density at radius 3 is 2.59 bits per heavy atom. The maximum absolute atomic E-state index is 10.5. The number of methoxy groups -OCH3 is 2. The second kappa shape index (κ2) is 9.87. The van der Waals surface area contributed by atoms with Gasteiger partial charge >= 0.3 is 0 Å². The number of rotatable bonds is 9. The van der Waals surface area contributed by atoms with E-state index >= 15 is 0 Å². The van der Waals surface area contributed by atoms with Gasteiger partial charge in [-0.05, 0) is 50.1 Å². The molecular weight excluding hydrogens is 346 g/mol. The van der Waals surface area contributed by atoms with Crippen molar-refractivity contribution in [3.63, 3.8) is 0 Å². The van der Waals surface area contributed by atoms with Crippen molar-refractivity contribution in [3.8, 4) is 11.5 Å². The van der Waals surface area contributed by atoms with Crippen LogP contribution in [0.15, 0.2) is 46.0 Å². The molecule has 0 saturated carbocycles. The van der Waals surface area contributed by atoms with E-state index < -0.39 is 5.60 Å². The molecule has 0 amide bonds. The third-order valence-corrected chi connectivity index (χ3v) is 4.10. The van der Waals surface area contributed by atoms with Gasteiger partial charge in [0.15, 0.2) is 17.5 Å². The molecule has 1 heterocycles. The van der Waals surface area contributed by atoms with E-state index in [1.807, 2.05) is 25.1 Å². The van der Waals surface area contributed by atoms with Crippen molar-refractivity contribution in [1.29, 1.82) is 0 Å². The van der Waals surface area contributed by atoms with Crippen LogP contribution in [0, 0.1) is 0 Å². The summed E-state index contributed by atoms with van der Waals surface area (Å²) in [5, 5.41) is 17.0.